The number of benzene rings is 1. The molecule has 0 saturated carbocycles. The van der Waals surface area contributed by atoms with Gasteiger partial charge in [0.25, 0.3) is 0 Å². The van der Waals surface area contributed by atoms with Gasteiger partial charge >= 0.3 is 0 Å². The van der Waals surface area contributed by atoms with Crippen LogP contribution in [0.1, 0.15) is 23.0 Å². The number of aromatic nitrogens is 2. The van der Waals surface area contributed by atoms with Crippen molar-refractivity contribution in [2.24, 2.45) is 0 Å². The largest absolute Gasteiger partial charge is 0.333 e. The van der Waals surface area contributed by atoms with E-state index >= 15 is 0 Å². The van der Waals surface area contributed by atoms with E-state index in [1.807, 2.05) is 13.2 Å². The molecule has 20 heavy (non-hydrogen) atoms. The van der Waals surface area contributed by atoms with Crippen LogP contribution in [0.4, 0.5) is 0 Å². The van der Waals surface area contributed by atoms with Crippen molar-refractivity contribution in [3.05, 3.63) is 53.6 Å². The maximum Gasteiger partial charge on any atom is 0.122 e. The minimum Gasteiger partial charge on any atom is -0.333 e. The highest BCUT2D eigenvalue weighted by Crippen LogP contribution is 2.20. The molecule has 1 aliphatic heterocycles. The van der Waals surface area contributed by atoms with Gasteiger partial charge in [0.1, 0.15) is 5.82 Å². The van der Waals surface area contributed by atoms with Gasteiger partial charge in [-0.15, -0.1) is 0 Å². The number of nitrogens with zero attached hydrogens (tertiary/aromatic N) is 3. The molecule has 2 aromatic rings. The van der Waals surface area contributed by atoms with Gasteiger partial charge in [0.2, 0.25) is 0 Å². The molecular formula is C16H22N4. The monoisotopic (exact) mass is 270 g/mol. The van der Waals surface area contributed by atoms with Crippen LogP contribution < -0.4 is 5.32 Å². The van der Waals surface area contributed by atoms with Crippen LogP contribution in [0.25, 0.3) is 0 Å². The summed E-state index contributed by atoms with van der Waals surface area (Å²) in [5.74, 6) is 1.18. The molecule has 106 valence electrons. The highest BCUT2D eigenvalue weighted by Gasteiger charge is 2.20. The van der Waals surface area contributed by atoms with Crippen LogP contribution in [0.15, 0.2) is 36.7 Å². The maximum atomic E-state index is 4.43. The average molecular weight is 270 g/mol. The predicted molar refractivity (Wildman–Crippen MR) is 80.5 cm³/mol. The molecule has 2 heterocycles. The normalized spacial score (nSPS) is 16.9. The van der Waals surface area contributed by atoms with Gasteiger partial charge in [-0.2, -0.15) is 0 Å². The predicted octanol–water partition coefficient (Wildman–Crippen LogP) is 1.97. The smallest absolute Gasteiger partial charge is 0.122 e. The number of hydrogen-bond donors (Lipinski definition) is 1. The van der Waals surface area contributed by atoms with Crippen LogP contribution >= 0.6 is 0 Å². The standard InChI is InChI=1S/C16H22N4/c1-13-5-3-4-6-14(13)15(17-2)11-19-9-10-20-8-7-18-16(20)12-19/h3-8,15,17H,9-12H2,1-2H3. The third-order valence-electron chi connectivity index (χ3n) is 4.18. The van der Waals surface area contributed by atoms with Gasteiger partial charge in [-0.1, -0.05) is 24.3 Å². The Morgan fingerprint density at radius 1 is 1.30 bits per heavy atom. The van der Waals surface area contributed by atoms with E-state index in [0.29, 0.717) is 6.04 Å². The summed E-state index contributed by atoms with van der Waals surface area (Å²) in [5.41, 5.74) is 2.74. The van der Waals surface area contributed by atoms with Crippen molar-refractivity contribution in [3.8, 4) is 0 Å². The first kappa shape index (κ1) is 13.3. The van der Waals surface area contributed by atoms with Gasteiger partial charge in [0.15, 0.2) is 0 Å². The summed E-state index contributed by atoms with van der Waals surface area (Å²) in [7, 11) is 2.04. The lowest BCUT2D eigenvalue weighted by Gasteiger charge is -2.31. The van der Waals surface area contributed by atoms with Gasteiger partial charge in [0, 0.05) is 38.1 Å². The molecule has 1 aliphatic rings. The van der Waals surface area contributed by atoms with Gasteiger partial charge < -0.3 is 9.88 Å². The summed E-state index contributed by atoms with van der Waals surface area (Å²) in [5, 5.41) is 3.46. The molecule has 0 amide bonds. The molecule has 0 fully saturated rings. The second-order valence-electron chi connectivity index (χ2n) is 5.47. The molecule has 3 rings (SSSR count). The Labute approximate surface area is 120 Å². The molecule has 4 nitrogen and oxygen atoms in total. The third-order valence-corrected chi connectivity index (χ3v) is 4.18. The molecule has 0 radical (unpaired) electrons. The van der Waals surface area contributed by atoms with E-state index in [1.54, 1.807) is 0 Å². The lowest BCUT2D eigenvalue weighted by molar-refractivity contribution is 0.197. The van der Waals surface area contributed by atoms with Crippen molar-refractivity contribution >= 4 is 0 Å². The molecule has 0 spiro atoms. The Kier molecular flexibility index (Phi) is 3.85. The van der Waals surface area contributed by atoms with E-state index in [4.69, 9.17) is 0 Å². The molecule has 1 aromatic carbocycles. The fourth-order valence-corrected chi connectivity index (χ4v) is 2.96. The quantitative estimate of drug-likeness (QED) is 0.922. The van der Waals surface area contributed by atoms with Gasteiger partial charge in [-0.25, -0.2) is 4.98 Å². The number of hydrogen-bond acceptors (Lipinski definition) is 3. The van der Waals surface area contributed by atoms with E-state index in [9.17, 15) is 0 Å². The van der Waals surface area contributed by atoms with Crippen LogP contribution in [0, 0.1) is 6.92 Å². The topological polar surface area (TPSA) is 33.1 Å². The SMILES string of the molecule is CNC(CN1CCn2ccnc2C1)c1ccccc1C. The van der Waals surface area contributed by atoms with Crippen molar-refractivity contribution in [1.29, 1.82) is 0 Å². The minimum absolute atomic E-state index is 0.373. The fraction of sp³-hybridized carbons (Fsp3) is 0.438. The van der Waals surface area contributed by atoms with Crippen LogP contribution in [0.2, 0.25) is 0 Å². The Hall–Kier alpha value is -1.65. The van der Waals surface area contributed by atoms with Crippen LogP contribution in [-0.2, 0) is 13.1 Å². The lowest BCUT2D eigenvalue weighted by Crippen LogP contribution is -2.39. The van der Waals surface area contributed by atoms with E-state index < -0.39 is 0 Å². The zero-order valence-corrected chi connectivity index (χ0v) is 12.2. The van der Waals surface area contributed by atoms with Crippen LogP contribution in [-0.4, -0.2) is 34.6 Å². The van der Waals surface area contributed by atoms with Crippen molar-refractivity contribution in [3.63, 3.8) is 0 Å². The fourth-order valence-electron chi connectivity index (χ4n) is 2.96. The van der Waals surface area contributed by atoms with Crippen molar-refractivity contribution in [2.75, 3.05) is 20.1 Å². The first-order valence-corrected chi connectivity index (χ1v) is 7.23. The van der Waals surface area contributed by atoms with Crippen molar-refractivity contribution in [2.45, 2.75) is 26.1 Å². The zero-order chi connectivity index (χ0) is 13.9. The third kappa shape index (κ3) is 2.62. The van der Waals surface area contributed by atoms with Crippen molar-refractivity contribution in [1.82, 2.24) is 19.8 Å². The van der Waals surface area contributed by atoms with Crippen molar-refractivity contribution < 1.29 is 0 Å². The summed E-state index contributed by atoms with van der Waals surface area (Å²) >= 11 is 0. The Balaban J connectivity index is 1.72. The Morgan fingerprint density at radius 3 is 2.95 bits per heavy atom. The second kappa shape index (κ2) is 5.77. The van der Waals surface area contributed by atoms with E-state index in [1.165, 1.54) is 17.0 Å². The van der Waals surface area contributed by atoms with Gasteiger partial charge in [-0.05, 0) is 25.1 Å². The average Bonchev–Trinajstić information content (AvgIpc) is 2.93. The Bertz CT molecular complexity index is 575. The number of fused-ring (bicyclic) bond motifs is 1. The number of aryl methyl sites for hydroxylation is 1. The highest BCUT2D eigenvalue weighted by atomic mass is 15.2. The summed E-state index contributed by atoms with van der Waals surface area (Å²) in [6, 6.07) is 9.00. The summed E-state index contributed by atoms with van der Waals surface area (Å²) < 4.78 is 2.25. The lowest BCUT2D eigenvalue weighted by atomic mass is 10.0. The van der Waals surface area contributed by atoms with Crippen LogP contribution in [0.5, 0.6) is 0 Å². The molecule has 4 heteroatoms. The van der Waals surface area contributed by atoms with E-state index in [2.05, 4.69) is 57.2 Å². The molecule has 1 N–H and O–H groups in total. The molecule has 0 aliphatic carbocycles. The first-order chi connectivity index (χ1) is 9.78. The summed E-state index contributed by atoms with van der Waals surface area (Å²) in [4.78, 5) is 6.91. The highest BCUT2D eigenvalue weighted by molar-refractivity contribution is 5.29. The zero-order valence-electron chi connectivity index (χ0n) is 12.2. The maximum absolute atomic E-state index is 4.43. The molecule has 1 atom stereocenters. The Morgan fingerprint density at radius 2 is 2.15 bits per heavy atom. The summed E-state index contributed by atoms with van der Waals surface area (Å²) in [6.07, 6.45) is 3.97. The number of rotatable bonds is 4. The van der Waals surface area contributed by atoms with E-state index in [0.717, 1.165) is 26.2 Å². The number of likely N-dealkylation sites (N-methyl/N-ethyl adjacent to an activating group) is 1. The molecule has 1 aromatic heterocycles. The number of imidazole rings is 1. The first-order valence-electron chi connectivity index (χ1n) is 7.23. The molecule has 0 bridgehead atoms. The van der Waals surface area contributed by atoms with Gasteiger partial charge in [-0.3, -0.25) is 4.90 Å². The summed E-state index contributed by atoms with van der Waals surface area (Å²) in [6.45, 7) is 6.28. The molecule has 0 saturated heterocycles. The van der Waals surface area contributed by atoms with Crippen LogP contribution in [0.3, 0.4) is 0 Å². The molecule has 1 unspecified atom stereocenters. The van der Waals surface area contributed by atoms with E-state index in [-0.39, 0.29) is 0 Å². The minimum atomic E-state index is 0.373. The number of nitrogens with one attached hydrogen (secondary N) is 1. The van der Waals surface area contributed by atoms with Gasteiger partial charge in [0.05, 0.1) is 6.54 Å². The molecular weight excluding hydrogens is 248 g/mol. The second-order valence-corrected chi connectivity index (χ2v) is 5.47.